The molecular weight excluding hydrogens is 534 g/mol. The van der Waals surface area contributed by atoms with Gasteiger partial charge in [-0.15, -0.1) is 0 Å². The Labute approximate surface area is 236 Å². The maximum Gasteiger partial charge on any atom is 0.264 e. The predicted octanol–water partition coefficient (Wildman–Crippen LogP) is 5.34. The number of hydrogen-bond acceptors (Lipinski definition) is 4. The number of amides is 2. The third-order valence-electron chi connectivity index (χ3n) is 6.51. The zero-order valence-corrected chi connectivity index (χ0v) is 24.6. The number of nitrogens with zero attached hydrogens (tertiary/aromatic N) is 2. The summed E-state index contributed by atoms with van der Waals surface area (Å²) in [5, 5.41) is 3.27. The molecule has 3 aromatic rings. The molecule has 0 aliphatic rings. The minimum atomic E-state index is -4.13. The molecule has 0 saturated heterocycles. The van der Waals surface area contributed by atoms with Gasteiger partial charge in [0.15, 0.2) is 0 Å². The number of halogens is 1. The summed E-state index contributed by atoms with van der Waals surface area (Å²) in [5.41, 5.74) is 2.87. The zero-order chi connectivity index (χ0) is 28.7. The SMILES string of the molecule is Cc1ccc(N(CC(=O)N(Cc2ccccc2C)[C@H](C)C(=O)NCC(C)C)S(=O)(=O)c2ccccc2)cc1Cl. The van der Waals surface area contributed by atoms with Crippen molar-refractivity contribution in [3.63, 3.8) is 0 Å². The molecule has 39 heavy (non-hydrogen) atoms. The lowest BCUT2D eigenvalue weighted by Crippen LogP contribution is -2.51. The smallest absolute Gasteiger partial charge is 0.264 e. The summed E-state index contributed by atoms with van der Waals surface area (Å²) in [6, 6.07) is 19.6. The first-order chi connectivity index (χ1) is 18.4. The van der Waals surface area contributed by atoms with E-state index in [-0.39, 0.29) is 29.0 Å². The van der Waals surface area contributed by atoms with Gasteiger partial charge in [0.05, 0.1) is 10.6 Å². The molecule has 0 aromatic heterocycles. The first-order valence-corrected chi connectivity index (χ1v) is 14.7. The van der Waals surface area contributed by atoms with Crippen molar-refractivity contribution in [1.82, 2.24) is 10.2 Å². The van der Waals surface area contributed by atoms with Crippen molar-refractivity contribution in [3.05, 3.63) is 94.5 Å². The summed E-state index contributed by atoms with van der Waals surface area (Å²) < 4.78 is 28.7. The second-order valence-electron chi connectivity index (χ2n) is 10.0. The highest BCUT2D eigenvalue weighted by atomic mass is 35.5. The molecule has 1 atom stereocenters. The molecule has 0 fully saturated rings. The van der Waals surface area contributed by atoms with E-state index in [1.54, 1.807) is 37.3 Å². The highest BCUT2D eigenvalue weighted by molar-refractivity contribution is 7.92. The van der Waals surface area contributed by atoms with Gasteiger partial charge in [0.2, 0.25) is 11.8 Å². The van der Waals surface area contributed by atoms with Crippen LogP contribution in [-0.2, 0) is 26.2 Å². The molecule has 0 bridgehead atoms. The molecule has 3 rings (SSSR count). The highest BCUT2D eigenvalue weighted by Gasteiger charge is 2.32. The van der Waals surface area contributed by atoms with E-state index in [9.17, 15) is 18.0 Å². The minimum Gasteiger partial charge on any atom is -0.354 e. The molecular formula is C30H36ClN3O4S. The summed E-state index contributed by atoms with van der Waals surface area (Å²) in [6.07, 6.45) is 0. The number of benzene rings is 3. The first-order valence-electron chi connectivity index (χ1n) is 12.9. The molecule has 0 radical (unpaired) electrons. The molecule has 1 N–H and O–H groups in total. The Morgan fingerprint density at radius 2 is 1.54 bits per heavy atom. The van der Waals surface area contributed by atoms with Crippen LogP contribution in [-0.4, -0.2) is 44.3 Å². The number of nitrogens with one attached hydrogen (secondary N) is 1. The van der Waals surface area contributed by atoms with Crippen LogP contribution in [0.25, 0.3) is 0 Å². The van der Waals surface area contributed by atoms with E-state index in [0.717, 1.165) is 21.0 Å². The average molecular weight is 570 g/mol. The normalized spacial score (nSPS) is 12.2. The molecule has 0 aliphatic carbocycles. The van der Waals surface area contributed by atoms with Crippen LogP contribution in [0.2, 0.25) is 5.02 Å². The van der Waals surface area contributed by atoms with Crippen molar-refractivity contribution in [1.29, 1.82) is 0 Å². The standard InChI is InChI=1S/C30H36ClN3O4S/c1-21(2)18-32-30(36)24(5)33(19-25-12-10-9-11-22(25)3)29(35)20-34(26-16-15-23(4)28(31)17-26)39(37,38)27-13-7-6-8-14-27/h6-17,21,24H,18-20H2,1-5H3,(H,32,36)/t24-/m1/s1. The Morgan fingerprint density at radius 1 is 0.897 bits per heavy atom. The first kappa shape index (κ1) is 30.2. The number of sulfonamides is 1. The summed E-state index contributed by atoms with van der Waals surface area (Å²) >= 11 is 6.36. The van der Waals surface area contributed by atoms with Gasteiger partial charge in [-0.1, -0.05) is 74.0 Å². The topological polar surface area (TPSA) is 86.8 Å². The quantitative estimate of drug-likeness (QED) is 0.338. The van der Waals surface area contributed by atoms with Crippen LogP contribution in [0.5, 0.6) is 0 Å². The van der Waals surface area contributed by atoms with E-state index in [4.69, 9.17) is 11.6 Å². The molecule has 0 aliphatic heterocycles. The monoisotopic (exact) mass is 569 g/mol. The lowest BCUT2D eigenvalue weighted by molar-refractivity contribution is -0.139. The number of carbonyl (C=O) groups is 2. The molecule has 0 saturated carbocycles. The number of aryl methyl sites for hydroxylation is 2. The Hall–Kier alpha value is -3.36. The molecule has 7 nitrogen and oxygen atoms in total. The highest BCUT2D eigenvalue weighted by Crippen LogP contribution is 2.28. The zero-order valence-electron chi connectivity index (χ0n) is 23.0. The van der Waals surface area contributed by atoms with Crippen molar-refractivity contribution in [2.24, 2.45) is 5.92 Å². The van der Waals surface area contributed by atoms with Gasteiger partial charge in [0, 0.05) is 18.1 Å². The Kier molecular flexibility index (Phi) is 10.2. The fraction of sp³-hybridized carbons (Fsp3) is 0.333. The van der Waals surface area contributed by atoms with E-state index in [1.165, 1.54) is 23.1 Å². The second-order valence-corrected chi connectivity index (χ2v) is 12.3. The van der Waals surface area contributed by atoms with Crippen LogP contribution in [0.4, 0.5) is 5.69 Å². The predicted molar refractivity (Wildman–Crippen MR) is 156 cm³/mol. The van der Waals surface area contributed by atoms with Crippen molar-refractivity contribution in [2.45, 2.75) is 52.1 Å². The van der Waals surface area contributed by atoms with E-state index in [2.05, 4.69) is 5.32 Å². The molecule has 0 unspecified atom stereocenters. The fourth-order valence-corrected chi connectivity index (χ4v) is 5.59. The molecule has 0 heterocycles. The maximum absolute atomic E-state index is 14.0. The Morgan fingerprint density at radius 3 is 2.15 bits per heavy atom. The van der Waals surface area contributed by atoms with Crippen molar-refractivity contribution in [3.8, 4) is 0 Å². The average Bonchev–Trinajstić information content (AvgIpc) is 2.91. The Bertz CT molecular complexity index is 1410. The van der Waals surface area contributed by atoms with Crippen LogP contribution in [0, 0.1) is 19.8 Å². The minimum absolute atomic E-state index is 0.0441. The number of rotatable bonds is 11. The van der Waals surface area contributed by atoms with Gasteiger partial charge in [0.1, 0.15) is 12.6 Å². The van der Waals surface area contributed by atoms with E-state index in [0.29, 0.717) is 11.6 Å². The van der Waals surface area contributed by atoms with E-state index >= 15 is 0 Å². The van der Waals surface area contributed by atoms with Gasteiger partial charge in [-0.05, 0) is 67.6 Å². The van der Waals surface area contributed by atoms with E-state index < -0.39 is 28.5 Å². The summed E-state index contributed by atoms with van der Waals surface area (Å²) in [6.45, 7) is 9.48. The fourth-order valence-electron chi connectivity index (χ4n) is 3.99. The number of anilines is 1. The van der Waals surface area contributed by atoms with Crippen molar-refractivity contribution < 1.29 is 18.0 Å². The number of hydrogen-bond donors (Lipinski definition) is 1. The van der Waals surface area contributed by atoms with Gasteiger partial charge in [0.25, 0.3) is 10.0 Å². The van der Waals surface area contributed by atoms with Crippen LogP contribution in [0.3, 0.4) is 0 Å². The molecule has 9 heteroatoms. The number of carbonyl (C=O) groups excluding carboxylic acids is 2. The summed E-state index contributed by atoms with van der Waals surface area (Å²) in [7, 11) is -4.13. The van der Waals surface area contributed by atoms with E-state index in [1.807, 2.05) is 52.0 Å². The largest absolute Gasteiger partial charge is 0.354 e. The molecule has 0 spiro atoms. The van der Waals surface area contributed by atoms with Gasteiger partial charge in [-0.25, -0.2) is 8.42 Å². The van der Waals surface area contributed by atoms with Crippen LogP contribution < -0.4 is 9.62 Å². The van der Waals surface area contributed by atoms with Crippen molar-refractivity contribution in [2.75, 3.05) is 17.4 Å². The van der Waals surface area contributed by atoms with Crippen LogP contribution >= 0.6 is 11.6 Å². The molecule has 2 amide bonds. The van der Waals surface area contributed by atoms with Crippen molar-refractivity contribution >= 4 is 39.1 Å². The third kappa shape index (κ3) is 7.61. The summed E-state index contributed by atoms with van der Waals surface area (Å²) in [5.74, 6) is -0.581. The van der Waals surface area contributed by atoms with Gasteiger partial charge in [-0.3, -0.25) is 13.9 Å². The lowest BCUT2D eigenvalue weighted by atomic mass is 10.1. The van der Waals surface area contributed by atoms with Crippen LogP contribution in [0.15, 0.2) is 77.7 Å². The van der Waals surface area contributed by atoms with Crippen LogP contribution in [0.1, 0.15) is 37.5 Å². The van der Waals surface area contributed by atoms with Gasteiger partial charge in [-0.2, -0.15) is 0 Å². The summed E-state index contributed by atoms with van der Waals surface area (Å²) in [4.78, 5) is 28.5. The van der Waals surface area contributed by atoms with Gasteiger partial charge >= 0.3 is 0 Å². The lowest BCUT2D eigenvalue weighted by Gasteiger charge is -2.32. The third-order valence-corrected chi connectivity index (χ3v) is 8.70. The molecule has 3 aromatic carbocycles. The second kappa shape index (κ2) is 13.1. The van der Waals surface area contributed by atoms with Gasteiger partial charge < -0.3 is 10.2 Å². The molecule has 208 valence electrons. The Balaban J connectivity index is 2.03. The maximum atomic E-state index is 14.0.